The van der Waals surface area contributed by atoms with E-state index in [2.05, 4.69) is 35.4 Å². The molecule has 0 spiro atoms. The van der Waals surface area contributed by atoms with E-state index in [4.69, 9.17) is 10.5 Å². The van der Waals surface area contributed by atoms with Gasteiger partial charge in [0.1, 0.15) is 6.10 Å². The van der Waals surface area contributed by atoms with Crippen molar-refractivity contribution < 1.29 is 9.53 Å². The molecule has 1 fully saturated rings. The Kier molecular flexibility index (Phi) is 5.53. The highest BCUT2D eigenvalue weighted by Crippen LogP contribution is 2.35. The molecule has 2 heterocycles. The highest BCUT2D eigenvalue weighted by molar-refractivity contribution is 7.10. The molecule has 4 nitrogen and oxygen atoms in total. The molecule has 1 aliphatic rings. The number of ether oxygens (including phenoxy) is 1. The summed E-state index contributed by atoms with van der Waals surface area (Å²) in [5, 5.41) is 2.12. The van der Waals surface area contributed by atoms with E-state index in [9.17, 15) is 4.79 Å². The first-order valence-electron chi connectivity index (χ1n) is 8.46. The van der Waals surface area contributed by atoms with Crippen LogP contribution in [0.25, 0.3) is 11.1 Å². The van der Waals surface area contributed by atoms with Crippen molar-refractivity contribution in [1.82, 2.24) is 4.90 Å². The molecule has 3 rings (SSSR count). The summed E-state index contributed by atoms with van der Waals surface area (Å²) in [6.07, 6.45) is 1.52. The van der Waals surface area contributed by atoms with E-state index in [0.717, 1.165) is 30.1 Å². The molecule has 1 aromatic carbocycles. The number of carbonyl (C=O) groups is 1. The lowest BCUT2D eigenvalue weighted by atomic mass is 10.0. The number of nitrogens with zero attached hydrogens (tertiary/aromatic N) is 1. The summed E-state index contributed by atoms with van der Waals surface area (Å²) in [6, 6.07) is 12.4. The van der Waals surface area contributed by atoms with E-state index >= 15 is 0 Å². The normalized spacial score (nSPS) is 17.5. The number of amides is 1. The highest BCUT2D eigenvalue weighted by Gasteiger charge is 2.27. The Hall–Kier alpha value is -1.85. The van der Waals surface area contributed by atoms with Crippen LogP contribution in [0.2, 0.25) is 0 Å². The van der Waals surface area contributed by atoms with Crippen LogP contribution in [0.1, 0.15) is 30.7 Å². The number of likely N-dealkylation sites (tertiary alicyclic amines) is 1. The van der Waals surface area contributed by atoms with E-state index < -0.39 is 6.09 Å². The zero-order valence-corrected chi connectivity index (χ0v) is 14.8. The van der Waals surface area contributed by atoms with Gasteiger partial charge in [-0.2, -0.15) is 0 Å². The van der Waals surface area contributed by atoms with Crippen molar-refractivity contribution in [2.75, 3.05) is 19.6 Å². The van der Waals surface area contributed by atoms with Crippen LogP contribution in [-0.4, -0.2) is 30.6 Å². The average molecular weight is 344 g/mol. The van der Waals surface area contributed by atoms with Crippen molar-refractivity contribution in [3.63, 3.8) is 0 Å². The lowest BCUT2D eigenvalue weighted by Crippen LogP contribution is -2.31. The molecule has 1 aromatic heterocycles. The van der Waals surface area contributed by atoms with Crippen LogP contribution in [0.5, 0.6) is 0 Å². The summed E-state index contributed by atoms with van der Waals surface area (Å²) < 4.78 is 5.48. The Morgan fingerprint density at radius 1 is 1.25 bits per heavy atom. The minimum Gasteiger partial charge on any atom is -0.440 e. The van der Waals surface area contributed by atoms with Gasteiger partial charge < -0.3 is 15.4 Å². The summed E-state index contributed by atoms with van der Waals surface area (Å²) in [5.41, 5.74) is 7.65. The second-order valence-corrected chi connectivity index (χ2v) is 7.39. The molecule has 1 saturated heterocycles. The van der Waals surface area contributed by atoms with Crippen molar-refractivity contribution >= 4 is 17.4 Å². The number of rotatable bonds is 6. The topological polar surface area (TPSA) is 55.6 Å². The molecule has 0 radical (unpaired) electrons. The van der Waals surface area contributed by atoms with Crippen molar-refractivity contribution in [2.45, 2.75) is 25.9 Å². The van der Waals surface area contributed by atoms with Crippen LogP contribution in [0.4, 0.5) is 4.79 Å². The fourth-order valence-electron chi connectivity index (χ4n) is 3.33. The number of primary amides is 1. The second-order valence-electron chi connectivity index (χ2n) is 6.45. The molecule has 2 unspecified atom stereocenters. The summed E-state index contributed by atoms with van der Waals surface area (Å²) in [5.74, 6) is 0.206. The van der Waals surface area contributed by atoms with Gasteiger partial charge in [-0.1, -0.05) is 37.3 Å². The molecule has 1 amide bonds. The van der Waals surface area contributed by atoms with Crippen molar-refractivity contribution in [3.8, 4) is 11.1 Å². The van der Waals surface area contributed by atoms with Crippen LogP contribution >= 0.6 is 11.3 Å². The first-order chi connectivity index (χ1) is 11.6. The molecule has 2 atom stereocenters. The minimum absolute atomic E-state index is 0.206. The number of hydrogen-bond acceptors (Lipinski definition) is 4. The smallest absolute Gasteiger partial charge is 0.405 e. The SMILES string of the molecule is CC(CN1CCCC1)C(OC(N)=O)c1cc(-c2ccccc2)cs1. The van der Waals surface area contributed by atoms with E-state index in [1.165, 1.54) is 18.4 Å². The van der Waals surface area contributed by atoms with Gasteiger partial charge in [0.2, 0.25) is 0 Å². The van der Waals surface area contributed by atoms with Gasteiger partial charge in [-0.05, 0) is 48.5 Å². The van der Waals surface area contributed by atoms with E-state index in [0.29, 0.717) is 0 Å². The molecule has 5 heteroatoms. The summed E-state index contributed by atoms with van der Waals surface area (Å²) in [4.78, 5) is 14.9. The summed E-state index contributed by atoms with van der Waals surface area (Å²) in [7, 11) is 0. The van der Waals surface area contributed by atoms with Gasteiger partial charge in [0.15, 0.2) is 0 Å². The number of thiophene rings is 1. The van der Waals surface area contributed by atoms with Gasteiger partial charge >= 0.3 is 6.09 Å². The molecule has 2 N–H and O–H groups in total. The van der Waals surface area contributed by atoms with Crippen LogP contribution in [-0.2, 0) is 4.74 Å². The zero-order chi connectivity index (χ0) is 16.9. The zero-order valence-electron chi connectivity index (χ0n) is 14.0. The van der Waals surface area contributed by atoms with E-state index in [1.54, 1.807) is 11.3 Å². The van der Waals surface area contributed by atoms with Crippen molar-refractivity contribution in [3.05, 3.63) is 46.7 Å². The fourth-order valence-corrected chi connectivity index (χ4v) is 4.41. The van der Waals surface area contributed by atoms with Gasteiger partial charge in [0.25, 0.3) is 0 Å². The predicted molar refractivity (Wildman–Crippen MR) is 98.0 cm³/mol. The molecule has 0 saturated carbocycles. The maximum absolute atomic E-state index is 11.4. The largest absolute Gasteiger partial charge is 0.440 e. The van der Waals surface area contributed by atoms with Crippen molar-refractivity contribution in [2.24, 2.45) is 11.7 Å². The van der Waals surface area contributed by atoms with Gasteiger partial charge in [0, 0.05) is 17.3 Å². The van der Waals surface area contributed by atoms with Gasteiger partial charge in [0.05, 0.1) is 0 Å². The monoisotopic (exact) mass is 344 g/mol. The molecule has 0 bridgehead atoms. The predicted octanol–water partition coefficient (Wildman–Crippen LogP) is 4.28. The average Bonchev–Trinajstić information content (AvgIpc) is 3.25. The Bertz CT molecular complexity index is 665. The fraction of sp³-hybridized carbons (Fsp3) is 0.421. The number of nitrogens with two attached hydrogens (primary N) is 1. The quantitative estimate of drug-likeness (QED) is 0.851. The molecule has 1 aliphatic heterocycles. The van der Waals surface area contributed by atoms with Crippen LogP contribution < -0.4 is 5.73 Å². The number of benzene rings is 1. The highest BCUT2D eigenvalue weighted by atomic mass is 32.1. The van der Waals surface area contributed by atoms with Gasteiger partial charge in [-0.25, -0.2) is 4.79 Å². The molecular weight excluding hydrogens is 320 g/mol. The third kappa shape index (κ3) is 4.16. The van der Waals surface area contributed by atoms with E-state index in [1.807, 2.05) is 18.2 Å². The molecule has 2 aromatic rings. The van der Waals surface area contributed by atoms with Crippen molar-refractivity contribution in [1.29, 1.82) is 0 Å². The summed E-state index contributed by atoms with van der Waals surface area (Å²) >= 11 is 1.63. The van der Waals surface area contributed by atoms with Crippen LogP contribution in [0.15, 0.2) is 41.8 Å². The standard InChI is InChI=1S/C19H24N2O2S/c1-14(12-21-9-5-6-10-21)18(23-19(20)22)17-11-16(13-24-17)15-7-3-2-4-8-15/h2-4,7-8,11,13-14,18H,5-6,9-10,12H2,1H3,(H2,20,22). The maximum atomic E-state index is 11.4. The minimum atomic E-state index is -0.706. The second kappa shape index (κ2) is 7.81. The Labute approximate surface area is 147 Å². The molecule has 128 valence electrons. The first-order valence-corrected chi connectivity index (χ1v) is 9.34. The van der Waals surface area contributed by atoms with Gasteiger partial charge in [-0.15, -0.1) is 11.3 Å². The Morgan fingerprint density at radius 2 is 1.96 bits per heavy atom. The maximum Gasteiger partial charge on any atom is 0.405 e. The van der Waals surface area contributed by atoms with Gasteiger partial charge in [-0.3, -0.25) is 0 Å². The summed E-state index contributed by atoms with van der Waals surface area (Å²) in [6.45, 7) is 5.32. The molecular formula is C19H24N2O2S. The first kappa shape index (κ1) is 17.0. The van der Waals surface area contributed by atoms with Crippen LogP contribution in [0, 0.1) is 5.92 Å². The third-order valence-corrected chi connectivity index (χ3v) is 5.51. The molecule has 24 heavy (non-hydrogen) atoms. The number of carbonyl (C=O) groups excluding carboxylic acids is 1. The lowest BCUT2D eigenvalue weighted by molar-refractivity contribution is 0.0631. The Morgan fingerprint density at radius 3 is 2.62 bits per heavy atom. The lowest BCUT2D eigenvalue weighted by Gasteiger charge is -2.26. The number of hydrogen-bond donors (Lipinski definition) is 1. The van der Waals surface area contributed by atoms with Crippen LogP contribution in [0.3, 0.4) is 0 Å². The Balaban J connectivity index is 1.77. The molecule has 0 aliphatic carbocycles. The third-order valence-electron chi connectivity index (χ3n) is 4.51. The van der Waals surface area contributed by atoms with E-state index in [-0.39, 0.29) is 12.0 Å².